The molecule has 0 aliphatic carbocycles. The average Bonchev–Trinajstić information content (AvgIpc) is 2.87. The third-order valence-corrected chi connectivity index (χ3v) is 6.27. The fourth-order valence-corrected chi connectivity index (χ4v) is 4.46. The van der Waals surface area contributed by atoms with Gasteiger partial charge in [-0.1, -0.05) is 60.7 Å². The first kappa shape index (κ1) is 22.4. The van der Waals surface area contributed by atoms with E-state index >= 15 is 0 Å². The topological polar surface area (TPSA) is 53.8 Å². The summed E-state index contributed by atoms with van der Waals surface area (Å²) in [5.74, 6) is 0.262. The van der Waals surface area contributed by atoms with Crippen LogP contribution in [0.2, 0.25) is 0 Å². The molecule has 1 heterocycles. The van der Waals surface area contributed by atoms with E-state index in [2.05, 4.69) is 6.07 Å². The van der Waals surface area contributed by atoms with Crippen molar-refractivity contribution < 1.29 is 9.18 Å². The number of halogens is 1. The zero-order chi connectivity index (χ0) is 23.0. The van der Waals surface area contributed by atoms with Crippen LogP contribution in [0.3, 0.4) is 0 Å². The summed E-state index contributed by atoms with van der Waals surface area (Å²) in [6, 6.07) is 29.6. The highest BCUT2D eigenvalue weighted by atomic mass is 32.2. The highest BCUT2D eigenvalue weighted by Gasteiger charge is 2.16. The Labute approximate surface area is 196 Å². The highest BCUT2D eigenvalue weighted by molar-refractivity contribution is 7.99. The van der Waals surface area contributed by atoms with Gasteiger partial charge in [0.2, 0.25) is 0 Å². The van der Waals surface area contributed by atoms with Crippen LogP contribution >= 0.6 is 11.8 Å². The molecular weight excluding hydrogens is 431 g/mol. The molecule has 0 spiro atoms. The van der Waals surface area contributed by atoms with Gasteiger partial charge < -0.3 is 0 Å². The fourth-order valence-electron chi connectivity index (χ4n) is 3.52. The number of Topliss-reactive ketones (excluding diaryl/α,β-unsaturated/α-hetero) is 1. The minimum Gasteiger partial charge on any atom is -0.294 e. The van der Waals surface area contributed by atoms with E-state index in [-0.39, 0.29) is 11.6 Å². The number of nitriles is 1. The van der Waals surface area contributed by atoms with Gasteiger partial charge in [-0.25, -0.2) is 9.37 Å². The molecule has 1 aromatic heterocycles. The standard InChI is InChI=1S/C28H21FN2OS/c29-23-15-13-22(14-16-23)27(32)12-7-17-33-28-25(19-30)24(20-8-3-1-4-9-20)18-26(31-28)21-10-5-2-6-11-21/h1-6,8-11,13-16,18H,7,12,17H2. The quantitative estimate of drug-likeness (QED) is 0.161. The molecule has 4 rings (SSSR count). The maximum atomic E-state index is 13.1. The molecule has 5 heteroatoms. The van der Waals surface area contributed by atoms with Crippen molar-refractivity contribution in [2.24, 2.45) is 0 Å². The lowest BCUT2D eigenvalue weighted by atomic mass is 9.99. The number of ketones is 1. The van der Waals surface area contributed by atoms with Crippen LogP contribution in [0, 0.1) is 17.1 Å². The smallest absolute Gasteiger partial charge is 0.162 e. The number of nitrogens with zero attached hydrogens (tertiary/aromatic N) is 2. The summed E-state index contributed by atoms with van der Waals surface area (Å²) in [7, 11) is 0. The second-order valence-corrected chi connectivity index (χ2v) is 8.54. The Morgan fingerprint density at radius 1 is 0.909 bits per heavy atom. The first-order chi connectivity index (χ1) is 16.2. The van der Waals surface area contributed by atoms with Crippen molar-refractivity contribution in [3.05, 3.63) is 108 Å². The Hall–Kier alpha value is -3.75. The van der Waals surface area contributed by atoms with Gasteiger partial charge in [-0.3, -0.25) is 4.79 Å². The Kier molecular flexibility index (Phi) is 7.29. The van der Waals surface area contributed by atoms with Crippen LogP contribution in [-0.4, -0.2) is 16.5 Å². The Morgan fingerprint density at radius 3 is 2.18 bits per heavy atom. The van der Waals surface area contributed by atoms with E-state index in [1.54, 1.807) is 0 Å². The van der Waals surface area contributed by atoms with Crippen molar-refractivity contribution in [2.45, 2.75) is 17.9 Å². The number of thioether (sulfide) groups is 1. The molecule has 0 amide bonds. The lowest BCUT2D eigenvalue weighted by molar-refractivity contribution is 0.0982. The van der Waals surface area contributed by atoms with E-state index in [9.17, 15) is 14.4 Å². The van der Waals surface area contributed by atoms with Crippen LogP contribution in [0.1, 0.15) is 28.8 Å². The average molecular weight is 453 g/mol. The lowest BCUT2D eigenvalue weighted by Crippen LogP contribution is -2.00. The van der Waals surface area contributed by atoms with E-state index in [0.717, 1.165) is 22.4 Å². The molecule has 0 N–H and O–H groups in total. The van der Waals surface area contributed by atoms with Gasteiger partial charge in [0.05, 0.1) is 11.3 Å². The van der Waals surface area contributed by atoms with Crippen LogP contribution in [0.15, 0.2) is 96.0 Å². The van der Waals surface area contributed by atoms with Gasteiger partial charge in [-0.15, -0.1) is 11.8 Å². The van der Waals surface area contributed by atoms with Gasteiger partial charge >= 0.3 is 0 Å². The van der Waals surface area contributed by atoms with Crippen molar-refractivity contribution in [2.75, 3.05) is 5.75 Å². The molecule has 162 valence electrons. The second-order valence-electron chi connectivity index (χ2n) is 7.46. The molecule has 0 radical (unpaired) electrons. The van der Waals surface area contributed by atoms with E-state index in [0.29, 0.717) is 34.7 Å². The van der Waals surface area contributed by atoms with Gasteiger partial charge in [-0.05, 0) is 48.1 Å². The van der Waals surface area contributed by atoms with Crippen molar-refractivity contribution in [1.29, 1.82) is 5.26 Å². The molecule has 0 bridgehead atoms. The van der Waals surface area contributed by atoms with Crippen LogP contribution in [-0.2, 0) is 0 Å². The second kappa shape index (κ2) is 10.7. The first-order valence-corrected chi connectivity index (χ1v) is 11.6. The van der Waals surface area contributed by atoms with E-state index in [4.69, 9.17) is 4.98 Å². The number of hydrogen-bond acceptors (Lipinski definition) is 4. The van der Waals surface area contributed by atoms with Crippen molar-refractivity contribution in [3.8, 4) is 28.5 Å². The van der Waals surface area contributed by atoms with Crippen LogP contribution in [0.25, 0.3) is 22.4 Å². The van der Waals surface area contributed by atoms with Crippen molar-refractivity contribution in [3.63, 3.8) is 0 Å². The monoisotopic (exact) mass is 452 g/mol. The zero-order valence-corrected chi connectivity index (χ0v) is 18.7. The minimum absolute atomic E-state index is 0.0212. The Balaban J connectivity index is 1.57. The molecule has 0 atom stereocenters. The fraction of sp³-hybridized carbons (Fsp3) is 0.107. The van der Waals surface area contributed by atoms with Crippen LogP contribution < -0.4 is 0 Å². The summed E-state index contributed by atoms with van der Waals surface area (Å²) in [6.07, 6.45) is 0.980. The summed E-state index contributed by atoms with van der Waals surface area (Å²) in [4.78, 5) is 17.2. The van der Waals surface area contributed by atoms with Gasteiger partial charge in [0, 0.05) is 23.1 Å². The van der Waals surface area contributed by atoms with Crippen LogP contribution in [0.5, 0.6) is 0 Å². The molecule has 0 aliphatic rings. The number of pyridine rings is 1. The molecule has 0 saturated carbocycles. The van der Waals surface area contributed by atoms with Gasteiger partial charge in [0.15, 0.2) is 5.78 Å². The normalized spacial score (nSPS) is 10.5. The van der Waals surface area contributed by atoms with Gasteiger partial charge in [-0.2, -0.15) is 5.26 Å². The van der Waals surface area contributed by atoms with Crippen molar-refractivity contribution in [1.82, 2.24) is 4.98 Å². The van der Waals surface area contributed by atoms with Gasteiger partial charge in [0.1, 0.15) is 16.9 Å². The Bertz CT molecular complexity index is 1280. The molecule has 0 unspecified atom stereocenters. The summed E-state index contributed by atoms with van der Waals surface area (Å²) in [5.41, 5.74) is 4.63. The maximum Gasteiger partial charge on any atom is 0.162 e. The molecule has 33 heavy (non-hydrogen) atoms. The predicted octanol–water partition coefficient (Wildman–Crippen LogP) is 7.18. The molecule has 0 saturated heterocycles. The summed E-state index contributed by atoms with van der Waals surface area (Å²) < 4.78 is 13.1. The Morgan fingerprint density at radius 2 is 1.55 bits per heavy atom. The zero-order valence-electron chi connectivity index (χ0n) is 17.9. The summed E-state index contributed by atoms with van der Waals surface area (Å²) in [5, 5.41) is 10.6. The third kappa shape index (κ3) is 5.54. The number of rotatable bonds is 8. The first-order valence-electron chi connectivity index (χ1n) is 10.6. The molecular formula is C28H21FN2OS. The largest absolute Gasteiger partial charge is 0.294 e. The summed E-state index contributed by atoms with van der Waals surface area (Å²) >= 11 is 1.48. The molecule has 3 aromatic carbocycles. The number of benzene rings is 3. The lowest BCUT2D eigenvalue weighted by Gasteiger charge is -2.12. The number of carbonyl (C=O) groups is 1. The number of carbonyl (C=O) groups excluding carboxylic acids is 1. The highest BCUT2D eigenvalue weighted by Crippen LogP contribution is 2.34. The SMILES string of the molecule is N#Cc1c(-c2ccccc2)cc(-c2ccccc2)nc1SCCCC(=O)c1ccc(F)cc1. The maximum absolute atomic E-state index is 13.1. The predicted molar refractivity (Wildman–Crippen MR) is 131 cm³/mol. The van der Waals surface area contributed by atoms with Gasteiger partial charge in [0.25, 0.3) is 0 Å². The molecule has 4 aromatic rings. The van der Waals surface area contributed by atoms with Crippen LogP contribution in [0.4, 0.5) is 4.39 Å². The number of aromatic nitrogens is 1. The van der Waals surface area contributed by atoms with Crippen molar-refractivity contribution >= 4 is 17.5 Å². The van der Waals surface area contributed by atoms with E-state index in [1.165, 1.54) is 36.0 Å². The number of hydrogen-bond donors (Lipinski definition) is 0. The summed E-state index contributed by atoms with van der Waals surface area (Å²) in [6.45, 7) is 0. The molecule has 0 fully saturated rings. The van der Waals surface area contributed by atoms with E-state index < -0.39 is 0 Å². The van der Waals surface area contributed by atoms with E-state index in [1.807, 2.05) is 66.7 Å². The minimum atomic E-state index is -0.357. The molecule has 3 nitrogen and oxygen atoms in total. The third-order valence-electron chi connectivity index (χ3n) is 5.21. The molecule has 0 aliphatic heterocycles.